The Kier molecular flexibility index (Phi) is 5.10. The van der Waals surface area contributed by atoms with E-state index in [4.69, 9.17) is 4.74 Å². The number of carbonyl (C=O) groups excluding carboxylic acids is 2. The highest BCUT2D eigenvalue weighted by Crippen LogP contribution is 2.40. The van der Waals surface area contributed by atoms with Crippen LogP contribution in [0.4, 0.5) is 10.5 Å². The van der Waals surface area contributed by atoms with Gasteiger partial charge in [0.1, 0.15) is 5.78 Å². The second-order valence-corrected chi connectivity index (χ2v) is 8.37. The summed E-state index contributed by atoms with van der Waals surface area (Å²) in [5.41, 5.74) is 0.749. The van der Waals surface area contributed by atoms with Crippen LogP contribution in [0.25, 0.3) is 0 Å². The Hall–Kier alpha value is -1.55. The second-order valence-electron chi connectivity index (χ2n) is 7.13. The number of nitrogens with zero attached hydrogens (tertiary/aromatic N) is 1. The van der Waals surface area contributed by atoms with Crippen molar-refractivity contribution in [3.05, 3.63) is 27.3 Å². The first-order chi connectivity index (χ1) is 11.8. The molecular weight excluding hydrogens is 429 g/mol. The quantitative estimate of drug-likeness (QED) is 0.501. The summed E-state index contributed by atoms with van der Waals surface area (Å²) in [6.45, 7) is 5.93. The zero-order valence-corrected chi connectivity index (χ0v) is 16.9. The number of rotatable bonds is 4. The maximum Gasteiger partial charge on any atom is 0.416 e. The molecule has 132 valence electrons. The number of halogens is 1. The molecule has 2 aliphatic rings. The molecule has 0 bridgehead atoms. The van der Waals surface area contributed by atoms with Crippen LogP contribution in [0.3, 0.4) is 0 Å². The molecule has 25 heavy (non-hydrogen) atoms. The third kappa shape index (κ3) is 4.00. The summed E-state index contributed by atoms with van der Waals surface area (Å²) in [7, 11) is 0. The molecule has 1 fully saturated rings. The fourth-order valence-corrected chi connectivity index (χ4v) is 3.28. The minimum Gasteiger partial charge on any atom is -0.425 e. The summed E-state index contributed by atoms with van der Waals surface area (Å²) >= 11 is 2.25. The van der Waals surface area contributed by atoms with Crippen molar-refractivity contribution >= 4 is 40.2 Å². The Morgan fingerprint density at radius 3 is 2.80 bits per heavy atom. The van der Waals surface area contributed by atoms with Gasteiger partial charge >= 0.3 is 6.09 Å². The second kappa shape index (κ2) is 6.99. The van der Waals surface area contributed by atoms with Gasteiger partial charge in [0.25, 0.3) is 0 Å². The number of cyclic esters (lactones) is 1. The van der Waals surface area contributed by atoms with Gasteiger partial charge in [-0.3, -0.25) is 9.69 Å². The first kappa shape index (κ1) is 18.2. The number of Topliss-reactive ketones (excluding diaryl/α,β-unsaturated/α-hetero) is 1. The molecule has 1 saturated carbocycles. The number of carbonyl (C=O) groups is 2. The lowest BCUT2D eigenvalue weighted by Crippen LogP contribution is -2.45. The first-order valence-electron chi connectivity index (χ1n) is 8.66. The van der Waals surface area contributed by atoms with Crippen molar-refractivity contribution in [2.24, 2.45) is 11.8 Å². The number of amides is 1. The van der Waals surface area contributed by atoms with Crippen LogP contribution in [0.1, 0.15) is 45.6 Å². The van der Waals surface area contributed by atoms with Gasteiger partial charge in [0, 0.05) is 33.9 Å². The van der Waals surface area contributed by atoms with E-state index in [2.05, 4.69) is 34.4 Å². The lowest BCUT2D eigenvalue weighted by atomic mass is 9.92. The SMILES string of the molecule is CC(C)C(=O)CCN1C(=O)O[C@@](C)(C#CC2CC2)c2cc(I)ccc21. The van der Waals surface area contributed by atoms with Crippen molar-refractivity contribution in [1.82, 2.24) is 0 Å². The predicted octanol–water partition coefficient (Wildman–Crippen LogP) is 4.49. The van der Waals surface area contributed by atoms with E-state index in [1.54, 1.807) is 4.90 Å². The Morgan fingerprint density at radius 2 is 2.16 bits per heavy atom. The fourth-order valence-electron chi connectivity index (χ4n) is 2.79. The molecule has 0 radical (unpaired) electrons. The van der Waals surface area contributed by atoms with Crippen LogP contribution in [-0.2, 0) is 15.1 Å². The number of hydrogen-bond donors (Lipinski definition) is 0. The predicted molar refractivity (Wildman–Crippen MR) is 105 cm³/mol. The number of ether oxygens (including phenoxy) is 1. The van der Waals surface area contributed by atoms with Crippen LogP contribution in [0.2, 0.25) is 0 Å². The lowest BCUT2D eigenvalue weighted by molar-refractivity contribution is -0.121. The van der Waals surface area contributed by atoms with Gasteiger partial charge in [0.2, 0.25) is 0 Å². The zero-order chi connectivity index (χ0) is 18.2. The summed E-state index contributed by atoms with van der Waals surface area (Å²) in [5.74, 6) is 6.95. The van der Waals surface area contributed by atoms with Gasteiger partial charge < -0.3 is 4.74 Å². The minimum absolute atomic E-state index is 0.0355. The highest BCUT2D eigenvalue weighted by Gasteiger charge is 2.41. The van der Waals surface area contributed by atoms with Crippen LogP contribution < -0.4 is 4.90 Å². The Labute approximate surface area is 162 Å². The molecule has 1 atom stereocenters. The maximum atomic E-state index is 12.6. The molecular formula is C20H22INO3. The number of fused-ring (bicyclic) bond motifs is 1. The highest BCUT2D eigenvalue weighted by atomic mass is 127. The zero-order valence-electron chi connectivity index (χ0n) is 14.8. The smallest absolute Gasteiger partial charge is 0.416 e. The summed E-state index contributed by atoms with van der Waals surface area (Å²) in [6, 6.07) is 5.90. The standard InChI is InChI=1S/C20H22INO3/c1-13(2)18(23)9-11-22-17-7-6-15(21)12-16(17)20(3,25-19(22)24)10-8-14-4-5-14/h6-7,12-14H,4-5,9,11H2,1-3H3/t20-/m0/s1. The maximum absolute atomic E-state index is 12.6. The van der Waals surface area contributed by atoms with Crippen LogP contribution in [0.5, 0.6) is 0 Å². The molecule has 1 aromatic rings. The Bertz CT molecular complexity index is 773. The minimum atomic E-state index is -0.936. The highest BCUT2D eigenvalue weighted by molar-refractivity contribution is 14.1. The monoisotopic (exact) mass is 451 g/mol. The Morgan fingerprint density at radius 1 is 1.44 bits per heavy atom. The van der Waals surface area contributed by atoms with Gasteiger partial charge in [0.15, 0.2) is 5.60 Å². The Balaban J connectivity index is 1.93. The van der Waals surface area contributed by atoms with Crippen LogP contribution in [0, 0.1) is 27.2 Å². The third-order valence-electron chi connectivity index (χ3n) is 4.59. The van der Waals surface area contributed by atoms with E-state index in [9.17, 15) is 9.59 Å². The van der Waals surface area contributed by atoms with E-state index in [0.29, 0.717) is 18.9 Å². The van der Waals surface area contributed by atoms with Crippen molar-refractivity contribution in [2.45, 2.75) is 45.6 Å². The summed E-state index contributed by atoms with van der Waals surface area (Å²) in [6.07, 6.45) is 2.14. The molecule has 1 amide bonds. The van der Waals surface area contributed by atoms with Gasteiger partial charge in [-0.05, 0) is 60.6 Å². The van der Waals surface area contributed by atoms with E-state index in [0.717, 1.165) is 27.7 Å². The molecule has 0 spiro atoms. The fraction of sp³-hybridized carbons (Fsp3) is 0.500. The van der Waals surface area contributed by atoms with Crippen molar-refractivity contribution in [3.8, 4) is 11.8 Å². The summed E-state index contributed by atoms with van der Waals surface area (Å²) < 4.78 is 6.80. The van der Waals surface area contributed by atoms with Crippen LogP contribution >= 0.6 is 22.6 Å². The molecule has 3 rings (SSSR count). The van der Waals surface area contributed by atoms with E-state index in [-0.39, 0.29) is 11.7 Å². The molecule has 1 aliphatic heterocycles. The molecule has 1 heterocycles. The molecule has 0 unspecified atom stereocenters. The van der Waals surface area contributed by atoms with E-state index >= 15 is 0 Å². The summed E-state index contributed by atoms with van der Waals surface area (Å²) in [4.78, 5) is 26.2. The summed E-state index contributed by atoms with van der Waals surface area (Å²) in [5, 5.41) is 0. The van der Waals surface area contributed by atoms with Gasteiger partial charge in [-0.1, -0.05) is 25.7 Å². The van der Waals surface area contributed by atoms with E-state index in [1.165, 1.54) is 0 Å². The molecule has 0 N–H and O–H groups in total. The number of benzene rings is 1. The molecule has 4 nitrogen and oxygen atoms in total. The van der Waals surface area contributed by atoms with Crippen molar-refractivity contribution < 1.29 is 14.3 Å². The molecule has 5 heteroatoms. The van der Waals surface area contributed by atoms with Gasteiger partial charge in [-0.15, -0.1) is 0 Å². The normalized spacial score (nSPS) is 22.1. The van der Waals surface area contributed by atoms with Gasteiger partial charge in [-0.2, -0.15) is 0 Å². The average Bonchev–Trinajstić information content (AvgIpc) is 3.37. The number of anilines is 1. The molecule has 1 aliphatic carbocycles. The first-order valence-corrected chi connectivity index (χ1v) is 9.74. The van der Waals surface area contributed by atoms with Gasteiger partial charge in [-0.25, -0.2) is 4.79 Å². The van der Waals surface area contributed by atoms with Crippen molar-refractivity contribution in [3.63, 3.8) is 0 Å². The molecule has 0 aromatic heterocycles. The van der Waals surface area contributed by atoms with E-state index in [1.807, 2.05) is 39.0 Å². The van der Waals surface area contributed by atoms with E-state index < -0.39 is 11.7 Å². The molecule has 1 aromatic carbocycles. The average molecular weight is 451 g/mol. The van der Waals surface area contributed by atoms with Crippen molar-refractivity contribution in [2.75, 3.05) is 11.4 Å². The van der Waals surface area contributed by atoms with Crippen LogP contribution in [-0.4, -0.2) is 18.4 Å². The number of ketones is 1. The largest absolute Gasteiger partial charge is 0.425 e. The third-order valence-corrected chi connectivity index (χ3v) is 5.26. The van der Waals surface area contributed by atoms with Crippen molar-refractivity contribution in [1.29, 1.82) is 0 Å². The van der Waals surface area contributed by atoms with Gasteiger partial charge in [0.05, 0.1) is 5.69 Å². The molecule has 0 saturated heterocycles. The van der Waals surface area contributed by atoms with Crippen LogP contribution in [0.15, 0.2) is 18.2 Å². The lowest BCUT2D eigenvalue weighted by Gasteiger charge is -2.37. The number of hydrogen-bond acceptors (Lipinski definition) is 3. The topological polar surface area (TPSA) is 46.6 Å².